The first-order valence-corrected chi connectivity index (χ1v) is 20.0. The minimum absolute atomic E-state index is 0.109. The third-order valence-corrected chi connectivity index (χ3v) is 12.1. The lowest BCUT2D eigenvalue weighted by Gasteiger charge is -2.34. The Morgan fingerprint density at radius 2 is 1.67 bits per heavy atom. The number of carbonyl (C=O) groups is 4. The molecule has 1 atom stereocenters. The first kappa shape index (κ1) is 36.7. The van der Waals surface area contributed by atoms with Crippen LogP contribution in [0.4, 0.5) is 0 Å². The van der Waals surface area contributed by atoms with E-state index >= 15 is 0 Å². The molecule has 4 aromatic carbocycles. The van der Waals surface area contributed by atoms with Gasteiger partial charge in [-0.05, 0) is 90.2 Å². The lowest BCUT2D eigenvalue weighted by molar-refractivity contribution is -0.137. The predicted octanol–water partition coefficient (Wildman–Crippen LogP) is 6.75. The quantitative estimate of drug-likeness (QED) is 0.140. The molecule has 1 unspecified atom stereocenters. The highest BCUT2D eigenvalue weighted by Gasteiger charge is 2.39. The molecule has 2 saturated heterocycles. The Labute approximate surface area is 330 Å². The molecule has 11 nitrogen and oxygen atoms in total. The Morgan fingerprint density at radius 1 is 0.909 bits per heavy atom. The van der Waals surface area contributed by atoms with Crippen molar-refractivity contribution in [3.05, 3.63) is 106 Å². The second-order valence-corrected chi connectivity index (χ2v) is 16.0. The number of fused-ring (bicyclic) bond motifs is 2. The number of phenolic OH excluding ortho intramolecular Hbond substituents is 1. The second-order valence-electron chi connectivity index (χ2n) is 14.0. The van der Waals surface area contributed by atoms with Crippen molar-refractivity contribution in [2.75, 3.05) is 39.3 Å². The molecule has 3 aliphatic heterocycles. The van der Waals surface area contributed by atoms with E-state index in [0.29, 0.717) is 56.8 Å². The number of piperazine rings is 1. The summed E-state index contributed by atoms with van der Waals surface area (Å²) in [7, 11) is 0. The number of nitrogens with one attached hydrogen (secondary N) is 1. The third kappa shape index (κ3) is 8.10. The van der Waals surface area contributed by atoms with Crippen LogP contribution in [0.1, 0.15) is 40.7 Å². The number of thiophene rings is 1. The molecule has 2 fully saturated rings. The number of aryl methyl sites for hydroxylation is 1. The van der Waals surface area contributed by atoms with Gasteiger partial charge in [0.05, 0.1) is 4.88 Å². The van der Waals surface area contributed by atoms with Crippen molar-refractivity contribution in [2.45, 2.75) is 38.3 Å². The average molecular weight is 824 g/mol. The Balaban J connectivity index is 0.784. The van der Waals surface area contributed by atoms with Crippen molar-refractivity contribution in [1.82, 2.24) is 20.0 Å². The van der Waals surface area contributed by atoms with Crippen LogP contribution in [0, 0.1) is 0 Å². The third-order valence-electron chi connectivity index (χ3n) is 10.4. The van der Waals surface area contributed by atoms with Gasteiger partial charge in [-0.25, -0.2) is 0 Å². The van der Waals surface area contributed by atoms with Crippen LogP contribution in [0.3, 0.4) is 0 Å². The van der Waals surface area contributed by atoms with Gasteiger partial charge in [0.25, 0.3) is 5.91 Å². The van der Waals surface area contributed by atoms with E-state index in [2.05, 4.69) is 26.1 Å². The van der Waals surface area contributed by atoms with Crippen LogP contribution in [0.5, 0.6) is 23.0 Å². The summed E-state index contributed by atoms with van der Waals surface area (Å²) in [4.78, 5) is 56.8. The fourth-order valence-electron chi connectivity index (χ4n) is 7.38. The Morgan fingerprint density at radius 3 is 2.44 bits per heavy atom. The van der Waals surface area contributed by atoms with Crippen molar-refractivity contribution < 1.29 is 33.8 Å². The number of hydrogen-bond donors (Lipinski definition) is 2. The normalized spacial score (nSPS) is 17.4. The van der Waals surface area contributed by atoms with Gasteiger partial charge in [-0.2, -0.15) is 0 Å². The van der Waals surface area contributed by atoms with E-state index in [1.54, 1.807) is 34.4 Å². The number of rotatable bonds is 11. The molecule has 0 aliphatic carbocycles. The summed E-state index contributed by atoms with van der Waals surface area (Å²) in [5.74, 6) is 1.57. The smallest absolute Gasteiger partial charge is 0.255 e. The maximum absolute atomic E-state index is 13.1. The van der Waals surface area contributed by atoms with E-state index in [4.69, 9.17) is 9.47 Å². The fourth-order valence-corrected chi connectivity index (χ4v) is 8.82. The largest absolute Gasteiger partial charge is 0.508 e. The summed E-state index contributed by atoms with van der Waals surface area (Å²) < 4.78 is 14.5. The molecule has 8 rings (SSSR count). The predicted molar refractivity (Wildman–Crippen MR) is 212 cm³/mol. The van der Waals surface area contributed by atoms with Gasteiger partial charge < -0.3 is 24.4 Å². The zero-order valence-corrected chi connectivity index (χ0v) is 32.4. The maximum atomic E-state index is 13.1. The number of piperidine rings is 1. The number of hydrogen-bond acceptors (Lipinski definition) is 9. The van der Waals surface area contributed by atoms with Gasteiger partial charge >= 0.3 is 0 Å². The first-order valence-electron chi connectivity index (χ1n) is 18.4. The Hall–Kier alpha value is -5.24. The lowest BCUT2D eigenvalue weighted by Crippen LogP contribution is -2.52. The van der Waals surface area contributed by atoms with Gasteiger partial charge in [-0.3, -0.25) is 29.4 Å². The van der Waals surface area contributed by atoms with Crippen LogP contribution in [0.15, 0.2) is 89.4 Å². The summed E-state index contributed by atoms with van der Waals surface area (Å²) in [5.41, 5.74) is 3.43. The number of amides is 4. The van der Waals surface area contributed by atoms with E-state index < -0.39 is 11.9 Å². The highest BCUT2D eigenvalue weighted by Crippen LogP contribution is 2.47. The summed E-state index contributed by atoms with van der Waals surface area (Å²) in [6.45, 7) is 4.44. The molecule has 0 radical (unpaired) electrons. The van der Waals surface area contributed by atoms with E-state index in [1.807, 2.05) is 71.6 Å². The number of nitrogens with zero attached hydrogens (tertiary/aromatic N) is 3. The second kappa shape index (κ2) is 15.9. The standard InChI is InChI=1S/C42H39BrN4O7S/c43-29-5-3-27(4-6-29)40-39(34-13-7-30(48)24-36(34)55-40)54-32-10-8-31(9-11-32)53-22-21-45-17-19-46(20-18-45)38(50)16-2-26-1-12-33-28(23-26)25-47(42(33)52)35-14-15-37(49)44-41(35)51/h1,3-13,23-24,35,48H,2,14-22,25H2,(H,44,49,51). The van der Waals surface area contributed by atoms with E-state index in [1.165, 1.54) is 0 Å². The number of halogens is 1. The number of benzene rings is 4. The molecular weight excluding hydrogens is 784 g/mol. The van der Waals surface area contributed by atoms with Gasteiger partial charge in [0.1, 0.15) is 29.9 Å². The van der Waals surface area contributed by atoms with Crippen molar-refractivity contribution in [3.63, 3.8) is 0 Å². The topological polar surface area (TPSA) is 129 Å². The van der Waals surface area contributed by atoms with Crippen LogP contribution in [0.2, 0.25) is 0 Å². The monoisotopic (exact) mass is 822 g/mol. The number of ether oxygens (including phenoxy) is 2. The number of imide groups is 1. The highest BCUT2D eigenvalue weighted by molar-refractivity contribution is 9.10. The van der Waals surface area contributed by atoms with Crippen LogP contribution >= 0.6 is 27.3 Å². The molecule has 5 aromatic rings. The average Bonchev–Trinajstić information content (AvgIpc) is 3.70. The van der Waals surface area contributed by atoms with E-state index in [0.717, 1.165) is 67.3 Å². The number of carbonyl (C=O) groups excluding carboxylic acids is 4. The summed E-state index contributed by atoms with van der Waals surface area (Å²) in [6, 6.07) is 26.0. The molecule has 1 aromatic heterocycles. The van der Waals surface area contributed by atoms with Gasteiger partial charge in [-0.1, -0.05) is 40.2 Å². The molecule has 13 heteroatoms. The van der Waals surface area contributed by atoms with Gasteiger partial charge in [0.15, 0.2) is 5.75 Å². The molecule has 0 spiro atoms. The van der Waals surface area contributed by atoms with Crippen molar-refractivity contribution >= 4 is 61.0 Å². The zero-order valence-electron chi connectivity index (χ0n) is 30.0. The molecule has 282 valence electrons. The number of phenols is 1. The molecule has 4 amide bonds. The Kier molecular flexibility index (Phi) is 10.6. The van der Waals surface area contributed by atoms with E-state index in [-0.39, 0.29) is 29.9 Å². The molecule has 3 aliphatic rings. The first-order chi connectivity index (χ1) is 26.7. The Bertz CT molecular complexity index is 2270. The van der Waals surface area contributed by atoms with Crippen molar-refractivity contribution in [1.29, 1.82) is 0 Å². The summed E-state index contributed by atoms with van der Waals surface area (Å²) in [6.07, 6.45) is 1.49. The van der Waals surface area contributed by atoms with Gasteiger partial charge in [0.2, 0.25) is 17.7 Å². The lowest BCUT2D eigenvalue weighted by atomic mass is 10.0. The van der Waals surface area contributed by atoms with E-state index in [9.17, 15) is 24.3 Å². The summed E-state index contributed by atoms with van der Waals surface area (Å²) in [5, 5.41) is 13.3. The van der Waals surface area contributed by atoms with Gasteiger partial charge in [-0.15, -0.1) is 11.3 Å². The number of aromatic hydroxyl groups is 1. The fraction of sp³-hybridized carbons (Fsp3) is 0.286. The molecule has 0 bridgehead atoms. The van der Waals surface area contributed by atoms with Crippen LogP contribution in [-0.4, -0.2) is 88.8 Å². The highest BCUT2D eigenvalue weighted by atomic mass is 79.9. The molecule has 55 heavy (non-hydrogen) atoms. The molecular formula is C42H39BrN4O7S. The summed E-state index contributed by atoms with van der Waals surface area (Å²) >= 11 is 5.09. The maximum Gasteiger partial charge on any atom is 0.255 e. The SMILES string of the molecule is O=C1CCC(N2Cc3cc(CCC(=O)N4CCN(CCOc5ccc(Oc6c(-c7ccc(Br)cc7)sc7cc(O)ccc67)cc5)CC4)ccc3C2=O)C(=O)N1. The van der Waals surface area contributed by atoms with Crippen molar-refractivity contribution in [3.8, 4) is 33.4 Å². The minimum atomic E-state index is -0.644. The van der Waals surface area contributed by atoms with Crippen LogP contribution in [0.25, 0.3) is 20.5 Å². The molecule has 4 heterocycles. The van der Waals surface area contributed by atoms with Crippen LogP contribution < -0.4 is 14.8 Å². The molecule has 0 saturated carbocycles. The van der Waals surface area contributed by atoms with Gasteiger partial charge in [0, 0.05) is 72.2 Å². The minimum Gasteiger partial charge on any atom is -0.508 e. The zero-order chi connectivity index (χ0) is 38.1. The molecule has 2 N–H and O–H groups in total. The van der Waals surface area contributed by atoms with Crippen LogP contribution in [-0.2, 0) is 27.3 Å². The van der Waals surface area contributed by atoms with Crippen molar-refractivity contribution in [2.24, 2.45) is 0 Å².